The summed E-state index contributed by atoms with van der Waals surface area (Å²) in [5, 5.41) is 2.95. The average Bonchev–Trinajstić information content (AvgIpc) is 2.43. The lowest BCUT2D eigenvalue weighted by Crippen LogP contribution is -2.34. The van der Waals surface area contributed by atoms with Crippen LogP contribution in [-0.2, 0) is 11.2 Å². The Morgan fingerprint density at radius 3 is 2.58 bits per heavy atom. The van der Waals surface area contributed by atoms with Crippen LogP contribution in [0.1, 0.15) is 25.8 Å². The highest BCUT2D eigenvalue weighted by molar-refractivity contribution is 5.76. The first-order valence-electron chi connectivity index (χ1n) is 6.99. The third-order valence-electron chi connectivity index (χ3n) is 3.32. The minimum absolute atomic E-state index is 0.0930. The van der Waals surface area contributed by atoms with Crippen LogP contribution in [-0.4, -0.2) is 37.0 Å². The molecule has 0 saturated heterocycles. The number of aryl methyl sites for hydroxylation is 1. The number of nitrogens with zero attached hydrogens (tertiary/aromatic N) is 1. The molecule has 0 spiro atoms. The van der Waals surface area contributed by atoms with Gasteiger partial charge in [0.05, 0.1) is 0 Å². The van der Waals surface area contributed by atoms with Crippen LogP contribution in [0.15, 0.2) is 24.3 Å². The van der Waals surface area contributed by atoms with Crippen molar-refractivity contribution < 1.29 is 4.79 Å². The topological polar surface area (TPSA) is 58.4 Å². The predicted octanol–water partition coefficient (Wildman–Crippen LogP) is 1.66. The van der Waals surface area contributed by atoms with Gasteiger partial charge in [-0.15, -0.1) is 0 Å². The Morgan fingerprint density at radius 1 is 1.26 bits per heavy atom. The van der Waals surface area contributed by atoms with E-state index in [4.69, 9.17) is 5.73 Å². The van der Waals surface area contributed by atoms with Gasteiger partial charge in [0.15, 0.2) is 0 Å². The summed E-state index contributed by atoms with van der Waals surface area (Å²) in [5.74, 6) is 0.0930. The van der Waals surface area contributed by atoms with Gasteiger partial charge in [-0.3, -0.25) is 4.79 Å². The molecule has 4 nitrogen and oxygen atoms in total. The second-order valence-corrected chi connectivity index (χ2v) is 4.58. The van der Waals surface area contributed by atoms with Gasteiger partial charge in [-0.1, -0.05) is 32.0 Å². The van der Waals surface area contributed by atoms with E-state index in [1.54, 1.807) is 0 Å². The maximum atomic E-state index is 11.7. The maximum Gasteiger partial charge on any atom is 0.220 e. The van der Waals surface area contributed by atoms with Crippen LogP contribution in [0.5, 0.6) is 0 Å². The van der Waals surface area contributed by atoms with Crippen LogP contribution in [0.25, 0.3) is 0 Å². The van der Waals surface area contributed by atoms with Crippen molar-refractivity contribution in [1.29, 1.82) is 0 Å². The monoisotopic (exact) mass is 263 g/mol. The fraction of sp³-hybridized carbons (Fsp3) is 0.533. The Kier molecular flexibility index (Phi) is 6.97. The lowest BCUT2D eigenvalue weighted by molar-refractivity contribution is -0.121. The Hall–Kier alpha value is -1.55. The standard InChI is InChI=1S/C15H25N3O/c1-3-18(4-2)12-11-17-15(19)10-9-13-7-5-6-8-14(13)16/h5-8H,3-4,9-12,16H2,1-2H3,(H,17,19). The van der Waals surface area contributed by atoms with Crippen LogP contribution in [0.3, 0.4) is 0 Å². The van der Waals surface area contributed by atoms with E-state index in [1.807, 2.05) is 24.3 Å². The van der Waals surface area contributed by atoms with Crippen LogP contribution in [0.2, 0.25) is 0 Å². The number of nitrogen functional groups attached to an aromatic ring is 1. The highest BCUT2D eigenvalue weighted by Gasteiger charge is 2.05. The molecule has 4 heteroatoms. The molecule has 0 aromatic heterocycles. The van der Waals surface area contributed by atoms with Gasteiger partial charge in [0, 0.05) is 25.2 Å². The van der Waals surface area contributed by atoms with Gasteiger partial charge in [0.1, 0.15) is 0 Å². The summed E-state index contributed by atoms with van der Waals surface area (Å²) in [7, 11) is 0. The lowest BCUT2D eigenvalue weighted by Gasteiger charge is -2.17. The summed E-state index contributed by atoms with van der Waals surface area (Å²) in [6.45, 7) is 7.92. The third kappa shape index (κ3) is 5.75. The molecular formula is C15H25N3O. The van der Waals surface area contributed by atoms with Crippen molar-refractivity contribution in [2.45, 2.75) is 26.7 Å². The SMILES string of the molecule is CCN(CC)CCNC(=O)CCc1ccccc1N. The summed E-state index contributed by atoms with van der Waals surface area (Å²) in [6, 6.07) is 7.69. The second kappa shape index (κ2) is 8.53. The summed E-state index contributed by atoms with van der Waals surface area (Å²) in [5.41, 5.74) is 7.65. The predicted molar refractivity (Wildman–Crippen MR) is 80.0 cm³/mol. The zero-order valence-electron chi connectivity index (χ0n) is 12.0. The zero-order valence-corrected chi connectivity index (χ0v) is 12.0. The first-order chi connectivity index (χ1) is 9.17. The first kappa shape index (κ1) is 15.5. The molecule has 3 N–H and O–H groups in total. The molecule has 0 aliphatic carbocycles. The normalized spacial score (nSPS) is 10.7. The molecule has 1 aromatic carbocycles. The number of likely N-dealkylation sites (N-methyl/N-ethyl adjacent to an activating group) is 1. The number of para-hydroxylation sites is 1. The number of hydrogen-bond acceptors (Lipinski definition) is 3. The van der Waals surface area contributed by atoms with Crippen LogP contribution < -0.4 is 11.1 Å². The smallest absolute Gasteiger partial charge is 0.220 e. The number of nitrogens with two attached hydrogens (primary N) is 1. The molecule has 0 heterocycles. The van der Waals surface area contributed by atoms with Crippen LogP contribution in [0.4, 0.5) is 5.69 Å². The molecule has 0 bridgehead atoms. The fourth-order valence-corrected chi connectivity index (χ4v) is 1.99. The van der Waals surface area contributed by atoms with Gasteiger partial charge in [-0.2, -0.15) is 0 Å². The summed E-state index contributed by atoms with van der Waals surface area (Å²) >= 11 is 0. The molecule has 0 aliphatic rings. The maximum absolute atomic E-state index is 11.7. The Labute approximate surface area is 116 Å². The van der Waals surface area contributed by atoms with Gasteiger partial charge in [-0.25, -0.2) is 0 Å². The first-order valence-corrected chi connectivity index (χ1v) is 6.99. The number of benzene rings is 1. The minimum atomic E-state index is 0.0930. The van der Waals surface area contributed by atoms with Crippen molar-refractivity contribution in [2.75, 3.05) is 31.9 Å². The van der Waals surface area contributed by atoms with E-state index in [0.29, 0.717) is 19.4 Å². The summed E-state index contributed by atoms with van der Waals surface area (Å²) in [4.78, 5) is 14.0. The largest absolute Gasteiger partial charge is 0.399 e. The van der Waals surface area contributed by atoms with Crippen molar-refractivity contribution in [3.8, 4) is 0 Å². The number of anilines is 1. The molecule has 106 valence electrons. The van der Waals surface area contributed by atoms with E-state index in [1.165, 1.54) is 0 Å². The van der Waals surface area contributed by atoms with E-state index in [2.05, 4.69) is 24.1 Å². The van der Waals surface area contributed by atoms with Crippen molar-refractivity contribution in [1.82, 2.24) is 10.2 Å². The van der Waals surface area contributed by atoms with E-state index in [9.17, 15) is 4.79 Å². The fourth-order valence-electron chi connectivity index (χ4n) is 1.99. The van der Waals surface area contributed by atoms with E-state index in [0.717, 1.165) is 30.9 Å². The molecule has 0 atom stereocenters. The van der Waals surface area contributed by atoms with Gasteiger partial charge in [0.25, 0.3) is 0 Å². The van der Waals surface area contributed by atoms with Crippen LogP contribution in [0, 0.1) is 0 Å². The summed E-state index contributed by atoms with van der Waals surface area (Å²) < 4.78 is 0. The van der Waals surface area contributed by atoms with Gasteiger partial charge in [-0.05, 0) is 31.1 Å². The highest BCUT2D eigenvalue weighted by atomic mass is 16.1. The van der Waals surface area contributed by atoms with E-state index >= 15 is 0 Å². The van der Waals surface area contributed by atoms with E-state index in [-0.39, 0.29) is 5.91 Å². The van der Waals surface area contributed by atoms with Crippen LogP contribution >= 0.6 is 0 Å². The van der Waals surface area contributed by atoms with Crippen molar-refractivity contribution in [3.05, 3.63) is 29.8 Å². The molecule has 0 unspecified atom stereocenters. The number of rotatable bonds is 8. The zero-order chi connectivity index (χ0) is 14.1. The number of carbonyl (C=O) groups excluding carboxylic acids is 1. The molecule has 1 aromatic rings. The minimum Gasteiger partial charge on any atom is -0.399 e. The Morgan fingerprint density at radius 2 is 1.95 bits per heavy atom. The number of amides is 1. The Balaban J connectivity index is 2.23. The molecule has 19 heavy (non-hydrogen) atoms. The second-order valence-electron chi connectivity index (χ2n) is 4.58. The lowest BCUT2D eigenvalue weighted by atomic mass is 10.1. The third-order valence-corrected chi connectivity index (χ3v) is 3.32. The van der Waals surface area contributed by atoms with Gasteiger partial charge in [0.2, 0.25) is 5.91 Å². The molecule has 1 rings (SSSR count). The number of nitrogens with one attached hydrogen (secondary N) is 1. The molecule has 0 radical (unpaired) electrons. The average molecular weight is 263 g/mol. The molecule has 0 fully saturated rings. The number of hydrogen-bond donors (Lipinski definition) is 2. The quantitative estimate of drug-likeness (QED) is 0.701. The molecule has 1 amide bonds. The van der Waals surface area contributed by atoms with E-state index < -0.39 is 0 Å². The van der Waals surface area contributed by atoms with Crippen molar-refractivity contribution in [3.63, 3.8) is 0 Å². The van der Waals surface area contributed by atoms with Gasteiger partial charge < -0.3 is 16.0 Å². The Bertz CT molecular complexity index is 389. The molecule has 0 aliphatic heterocycles. The molecule has 0 saturated carbocycles. The molecular weight excluding hydrogens is 238 g/mol. The summed E-state index contributed by atoms with van der Waals surface area (Å²) in [6.07, 6.45) is 1.19. The van der Waals surface area contributed by atoms with Crippen molar-refractivity contribution in [2.24, 2.45) is 0 Å². The van der Waals surface area contributed by atoms with Crippen molar-refractivity contribution >= 4 is 11.6 Å². The number of carbonyl (C=O) groups is 1. The van der Waals surface area contributed by atoms with Gasteiger partial charge >= 0.3 is 0 Å². The highest BCUT2D eigenvalue weighted by Crippen LogP contribution is 2.12.